The Kier molecular flexibility index (Phi) is 0.551. The summed E-state index contributed by atoms with van der Waals surface area (Å²) in [6.07, 6.45) is 3.36. The van der Waals surface area contributed by atoms with Gasteiger partial charge in [0.2, 0.25) is 0 Å². The summed E-state index contributed by atoms with van der Waals surface area (Å²) < 4.78 is 3.17. The molecule has 2 rings (SSSR count). The van der Waals surface area contributed by atoms with E-state index in [2.05, 4.69) is 16.2 Å². The Bertz CT molecular complexity index is 157. The Balaban J connectivity index is 2.31. The third-order valence-corrected chi connectivity index (χ3v) is 1.79. The highest BCUT2D eigenvalue weighted by molar-refractivity contribution is 8.00. The molecule has 0 atom stereocenters. The lowest BCUT2D eigenvalue weighted by Crippen LogP contribution is -1.90. The van der Waals surface area contributed by atoms with Crippen molar-refractivity contribution >= 4 is 11.9 Å². The second-order valence-corrected chi connectivity index (χ2v) is 2.42. The van der Waals surface area contributed by atoms with Gasteiger partial charge in [-0.15, -0.1) is 0 Å². The van der Waals surface area contributed by atoms with Crippen LogP contribution in [0, 0.1) is 0 Å². The molecule has 0 aromatic heterocycles. The third kappa shape index (κ3) is 0.465. The molecule has 1 aliphatic carbocycles. The fourth-order valence-electron chi connectivity index (χ4n) is 0.629. The van der Waals surface area contributed by atoms with Crippen LogP contribution in [0.1, 0.15) is 6.42 Å². The molecule has 1 N–H and O–H groups in total. The Morgan fingerprint density at radius 2 is 2.71 bits per heavy atom. The van der Waals surface area contributed by atoms with Gasteiger partial charge in [-0.25, -0.2) is 0 Å². The summed E-state index contributed by atoms with van der Waals surface area (Å²) in [5.74, 6) is 0. The van der Waals surface area contributed by atoms with Crippen molar-refractivity contribution in [3.63, 3.8) is 0 Å². The van der Waals surface area contributed by atoms with Crippen LogP contribution in [0.3, 0.4) is 0 Å². The van der Waals surface area contributed by atoms with E-state index in [-0.39, 0.29) is 0 Å². The molecule has 0 radical (unpaired) electrons. The van der Waals surface area contributed by atoms with Gasteiger partial charge in [-0.05, 0) is 29.0 Å². The molecule has 2 heteroatoms. The summed E-state index contributed by atoms with van der Waals surface area (Å²) in [6, 6.07) is 0. The molecule has 0 unspecified atom stereocenters. The van der Waals surface area contributed by atoms with Crippen LogP contribution in [0.25, 0.3) is 0 Å². The Hall–Kier alpha value is -0.370. The minimum Gasteiger partial charge on any atom is -0.329 e. The number of hydrogen-bond donors (Lipinski definition) is 1. The summed E-state index contributed by atoms with van der Waals surface area (Å²) in [4.78, 5) is 0. The number of hydrogen-bond acceptors (Lipinski definition) is 2. The maximum Gasteiger partial charge on any atom is 0.0294 e. The average Bonchev–Trinajstić information content (AvgIpc) is 2.41. The summed E-state index contributed by atoms with van der Waals surface area (Å²) in [7, 11) is 0. The first-order valence-electron chi connectivity index (χ1n) is 2.27. The summed E-state index contributed by atoms with van der Waals surface area (Å²) >= 11 is 1.66. The van der Waals surface area contributed by atoms with E-state index in [1.54, 1.807) is 11.9 Å². The molecule has 0 aromatic carbocycles. The SMILES string of the molecule is C1=CC2=C(C2)NS1. The normalized spacial score (nSPS) is 24.0. The zero-order valence-electron chi connectivity index (χ0n) is 3.77. The van der Waals surface area contributed by atoms with Crippen LogP contribution >= 0.6 is 11.9 Å². The van der Waals surface area contributed by atoms with E-state index in [1.165, 1.54) is 17.7 Å². The molecular weight excluding hydrogens is 106 g/mol. The van der Waals surface area contributed by atoms with Crippen molar-refractivity contribution in [1.82, 2.24) is 4.72 Å². The molecule has 0 bridgehead atoms. The summed E-state index contributed by atoms with van der Waals surface area (Å²) in [5, 5.41) is 2.08. The van der Waals surface area contributed by atoms with Crippen LogP contribution in [0.2, 0.25) is 0 Å². The molecule has 1 aliphatic heterocycles. The number of nitrogens with one attached hydrogen (secondary N) is 1. The van der Waals surface area contributed by atoms with Gasteiger partial charge in [0.15, 0.2) is 0 Å². The van der Waals surface area contributed by atoms with Gasteiger partial charge >= 0.3 is 0 Å². The molecule has 0 fully saturated rings. The molecule has 36 valence electrons. The molecular formula is C5H5NS. The van der Waals surface area contributed by atoms with Gasteiger partial charge in [0.05, 0.1) is 0 Å². The van der Waals surface area contributed by atoms with Gasteiger partial charge in [-0.2, -0.15) is 0 Å². The lowest BCUT2D eigenvalue weighted by atomic mass is 10.5. The van der Waals surface area contributed by atoms with Crippen molar-refractivity contribution in [2.24, 2.45) is 0 Å². The van der Waals surface area contributed by atoms with E-state index >= 15 is 0 Å². The van der Waals surface area contributed by atoms with Crippen molar-refractivity contribution in [3.05, 3.63) is 22.8 Å². The van der Waals surface area contributed by atoms with Crippen LogP contribution in [0.4, 0.5) is 0 Å². The van der Waals surface area contributed by atoms with Crippen LogP contribution in [0.15, 0.2) is 22.8 Å². The molecule has 2 aliphatic rings. The van der Waals surface area contributed by atoms with Crippen molar-refractivity contribution in [2.45, 2.75) is 6.42 Å². The summed E-state index contributed by atoms with van der Waals surface area (Å²) in [5.41, 5.74) is 2.91. The summed E-state index contributed by atoms with van der Waals surface area (Å²) in [6.45, 7) is 0. The molecule has 1 nitrogen and oxygen atoms in total. The zero-order valence-corrected chi connectivity index (χ0v) is 4.59. The molecule has 7 heavy (non-hydrogen) atoms. The van der Waals surface area contributed by atoms with Gasteiger partial charge in [0.25, 0.3) is 0 Å². The van der Waals surface area contributed by atoms with Gasteiger partial charge in [-0.3, -0.25) is 0 Å². The molecule has 0 saturated carbocycles. The van der Waals surface area contributed by atoms with Gasteiger partial charge in [-0.1, -0.05) is 0 Å². The van der Waals surface area contributed by atoms with Gasteiger partial charge in [0.1, 0.15) is 0 Å². The molecule has 0 spiro atoms. The topological polar surface area (TPSA) is 12.0 Å². The van der Waals surface area contributed by atoms with Crippen LogP contribution in [0.5, 0.6) is 0 Å². The first-order valence-corrected chi connectivity index (χ1v) is 3.15. The molecule has 0 amide bonds. The van der Waals surface area contributed by atoms with Crippen molar-refractivity contribution in [1.29, 1.82) is 0 Å². The fraction of sp³-hybridized carbons (Fsp3) is 0.200. The molecule has 0 saturated heterocycles. The predicted octanol–water partition coefficient (Wildman–Crippen LogP) is 1.41. The van der Waals surface area contributed by atoms with Crippen molar-refractivity contribution in [3.8, 4) is 0 Å². The van der Waals surface area contributed by atoms with Gasteiger partial charge < -0.3 is 4.72 Å². The van der Waals surface area contributed by atoms with E-state index in [0.717, 1.165) is 0 Å². The maximum atomic E-state index is 3.17. The van der Waals surface area contributed by atoms with Crippen molar-refractivity contribution < 1.29 is 0 Å². The second-order valence-electron chi connectivity index (χ2n) is 1.70. The quantitative estimate of drug-likeness (QED) is 0.474. The van der Waals surface area contributed by atoms with E-state index in [9.17, 15) is 0 Å². The maximum absolute atomic E-state index is 3.17. The van der Waals surface area contributed by atoms with E-state index in [4.69, 9.17) is 0 Å². The highest BCUT2D eigenvalue weighted by Crippen LogP contribution is 2.34. The van der Waals surface area contributed by atoms with E-state index in [0.29, 0.717) is 0 Å². The third-order valence-electron chi connectivity index (χ3n) is 1.15. The van der Waals surface area contributed by atoms with Gasteiger partial charge in [0, 0.05) is 12.1 Å². The Morgan fingerprint density at radius 3 is 3.29 bits per heavy atom. The minimum absolute atomic E-state index is 1.20. The first-order chi connectivity index (χ1) is 3.47. The lowest BCUT2D eigenvalue weighted by Gasteiger charge is -1.93. The van der Waals surface area contributed by atoms with Crippen LogP contribution in [-0.4, -0.2) is 0 Å². The standard InChI is InChI=1S/C5H5NS/c1-2-7-6-5-3-4(1)5/h1-2,6H,3H2. The zero-order chi connectivity index (χ0) is 4.69. The number of rotatable bonds is 0. The molecule has 1 heterocycles. The fourth-order valence-corrected chi connectivity index (χ4v) is 1.27. The predicted molar refractivity (Wildman–Crippen MR) is 31.5 cm³/mol. The van der Waals surface area contributed by atoms with Crippen molar-refractivity contribution in [2.75, 3.05) is 0 Å². The van der Waals surface area contributed by atoms with E-state index < -0.39 is 0 Å². The van der Waals surface area contributed by atoms with Crippen LogP contribution < -0.4 is 4.72 Å². The first kappa shape index (κ1) is 3.61. The van der Waals surface area contributed by atoms with E-state index in [1.807, 2.05) is 0 Å². The van der Waals surface area contributed by atoms with Crippen LogP contribution in [-0.2, 0) is 0 Å². The minimum atomic E-state index is 1.20. The highest BCUT2D eigenvalue weighted by atomic mass is 32.2. The highest BCUT2D eigenvalue weighted by Gasteiger charge is 2.20. The average molecular weight is 111 g/mol. The lowest BCUT2D eigenvalue weighted by molar-refractivity contribution is 1.29. The Labute approximate surface area is 46.6 Å². The smallest absolute Gasteiger partial charge is 0.0294 e. The Morgan fingerprint density at radius 1 is 1.71 bits per heavy atom. The second kappa shape index (κ2) is 1.07. The largest absolute Gasteiger partial charge is 0.329 e. The monoisotopic (exact) mass is 111 g/mol. The number of allylic oxidation sites excluding steroid dienone is 3. The molecule has 0 aromatic rings.